The van der Waals surface area contributed by atoms with Gasteiger partial charge in [-0.25, -0.2) is 14.6 Å². The van der Waals surface area contributed by atoms with Crippen LogP contribution >= 0.6 is 11.8 Å². The predicted molar refractivity (Wildman–Crippen MR) is 140 cm³/mol. The van der Waals surface area contributed by atoms with E-state index >= 15 is 0 Å². The molecule has 0 atom stereocenters. The lowest BCUT2D eigenvalue weighted by Crippen LogP contribution is -2.23. The number of aromatic nitrogens is 1. The van der Waals surface area contributed by atoms with Crippen molar-refractivity contribution < 1.29 is 24.2 Å². The van der Waals surface area contributed by atoms with E-state index in [4.69, 9.17) is 4.74 Å². The molecule has 2 heterocycles. The molecule has 184 valence electrons. The van der Waals surface area contributed by atoms with Gasteiger partial charge in [-0.05, 0) is 86.6 Å². The Balaban J connectivity index is 1.65. The Morgan fingerprint density at radius 1 is 1.08 bits per heavy atom. The summed E-state index contributed by atoms with van der Waals surface area (Å²) < 4.78 is 7.15. The highest BCUT2D eigenvalue weighted by molar-refractivity contribution is 8.18. The van der Waals surface area contributed by atoms with Gasteiger partial charge in [0, 0.05) is 24.1 Å². The van der Waals surface area contributed by atoms with E-state index in [0.717, 1.165) is 22.6 Å². The van der Waals surface area contributed by atoms with Crippen molar-refractivity contribution in [1.29, 1.82) is 0 Å². The highest BCUT2D eigenvalue weighted by Crippen LogP contribution is 2.34. The number of rotatable bonds is 6. The van der Waals surface area contributed by atoms with Gasteiger partial charge in [-0.2, -0.15) is 0 Å². The van der Waals surface area contributed by atoms with E-state index < -0.39 is 5.97 Å². The molecular formula is C27H25N3O5S. The largest absolute Gasteiger partial charge is 0.478 e. The maximum atomic E-state index is 12.9. The van der Waals surface area contributed by atoms with Crippen molar-refractivity contribution in [3.05, 3.63) is 87.6 Å². The van der Waals surface area contributed by atoms with Crippen LogP contribution in [0.15, 0.2) is 64.5 Å². The highest BCUT2D eigenvalue weighted by Gasteiger charge is 2.31. The number of carboxylic acids is 1. The van der Waals surface area contributed by atoms with Gasteiger partial charge in [0.15, 0.2) is 5.17 Å². The van der Waals surface area contributed by atoms with Crippen molar-refractivity contribution in [2.45, 2.75) is 20.8 Å². The van der Waals surface area contributed by atoms with Crippen LogP contribution in [0.25, 0.3) is 11.8 Å². The Labute approximate surface area is 212 Å². The van der Waals surface area contributed by atoms with Crippen LogP contribution in [-0.4, -0.2) is 51.2 Å². The normalized spacial score (nSPS) is 15.7. The molecule has 1 aromatic heterocycles. The minimum atomic E-state index is -1.04. The quantitative estimate of drug-likeness (QED) is 0.366. The molecular weight excluding hydrogens is 478 g/mol. The third-order valence-electron chi connectivity index (χ3n) is 5.69. The van der Waals surface area contributed by atoms with E-state index in [1.165, 1.54) is 28.8 Å². The lowest BCUT2D eigenvalue weighted by molar-refractivity contribution is -0.121. The molecule has 4 rings (SSSR count). The number of hydrogen-bond acceptors (Lipinski definition) is 6. The molecule has 1 aliphatic rings. The molecule has 0 spiro atoms. The molecule has 3 aromatic rings. The molecule has 1 amide bonds. The van der Waals surface area contributed by atoms with Gasteiger partial charge in [-0.15, -0.1) is 0 Å². The summed E-state index contributed by atoms with van der Waals surface area (Å²) in [7, 11) is 1.64. The Bertz CT molecular complexity index is 1440. The smallest absolute Gasteiger partial charge is 0.338 e. The first-order valence-electron chi connectivity index (χ1n) is 11.3. The van der Waals surface area contributed by atoms with Gasteiger partial charge in [0.05, 0.1) is 28.3 Å². The zero-order valence-electron chi connectivity index (χ0n) is 20.3. The zero-order chi connectivity index (χ0) is 26.0. The molecule has 0 bridgehead atoms. The third-order valence-corrected chi connectivity index (χ3v) is 6.75. The van der Waals surface area contributed by atoms with Crippen LogP contribution in [-0.2, 0) is 9.53 Å². The first-order chi connectivity index (χ1) is 17.2. The summed E-state index contributed by atoms with van der Waals surface area (Å²) in [6.45, 7) is 5.99. The minimum Gasteiger partial charge on any atom is -0.478 e. The summed E-state index contributed by atoms with van der Waals surface area (Å²) in [5.41, 5.74) is 4.61. The molecule has 1 aliphatic heterocycles. The lowest BCUT2D eigenvalue weighted by atomic mass is 10.2. The Hall–Kier alpha value is -4.11. The van der Waals surface area contributed by atoms with E-state index in [-0.39, 0.29) is 17.4 Å². The topological polar surface area (TPSA) is 101 Å². The molecule has 2 aromatic carbocycles. The second-order valence-corrected chi connectivity index (χ2v) is 9.17. The van der Waals surface area contributed by atoms with Gasteiger partial charge in [-0.3, -0.25) is 9.69 Å². The van der Waals surface area contributed by atoms with Crippen LogP contribution < -0.4 is 0 Å². The van der Waals surface area contributed by atoms with Crippen molar-refractivity contribution in [3.8, 4) is 5.69 Å². The lowest BCUT2D eigenvalue weighted by Gasteiger charge is -2.11. The number of likely N-dealkylation sites (N-methyl/N-ethyl adjacent to an activating group) is 1. The van der Waals surface area contributed by atoms with Crippen molar-refractivity contribution in [2.75, 3.05) is 13.7 Å². The summed E-state index contributed by atoms with van der Waals surface area (Å²) in [6, 6.07) is 15.5. The first-order valence-corrected chi connectivity index (χ1v) is 12.1. The predicted octanol–water partition coefficient (Wildman–Crippen LogP) is 5.20. The minimum absolute atomic E-state index is 0.129. The van der Waals surface area contributed by atoms with E-state index in [1.807, 2.05) is 42.7 Å². The standard InChI is InChI=1S/C27H25N3O5S/c1-5-35-26(34)19-9-7-11-22(14-19)30-16(2)12-20(17(30)3)15-23-24(31)29(4)27(36-23)28-21-10-6-8-18(13-21)25(32)33/h6-15H,5H2,1-4H3,(H,32,33)/b23-15-,28-27?. The van der Waals surface area contributed by atoms with Gasteiger partial charge in [0.1, 0.15) is 0 Å². The third kappa shape index (κ3) is 4.96. The van der Waals surface area contributed by atoms with Gasteiger partial charge < -0.3 is 14.4 Å². The van der Waals surface area contributed by atoms with Crippen LogP contribution in [0.4, 0.5) is 5.69 Å². The summed E-state index contributed by atoms with van der Waals surface area (Å²) in [4.78, 5) is 42.8. The number of esters is 1. The fourth-order valence-electron chi connectivity index (χ4n) is 3.93. The van der Waals surface area contributed by atoms with E-state index in [2.05, 4.69) is 4.99 Å². The average Bonchev–Trinajstić information content (AvgIpc) is 3.28. The molecule has 0 unspecified atom stereocenters. The fourth-order valence-corrected chi connectivity index (χ4v) is 4.91. The summed E-state index contributed by atoms with van der Waals surface area (Å²) in [5.74, 6) is -1.60. The van der Waals surface area contributed by atoms with Crippen LogP contribution in [0.2, 0.25) is 0 Å². The number of amides is 1. The Morgan fingerprint density at radius 2 is 1.81 bits per heavy atom. The highest BCUT2D eigenvalue weighted by atomic mass is 32.2. The maximum Gasteiger partial charge on any atom is 0.338 e. The maximum absolute atomic E-state index is 12.9. The summed E-state index contributed by atoms with van der Waals surface area (Å²) in [5, 5.41) is 9.68. The molecule has 36 heavy (non-hydrogen) atoms. The second-order valence-electron chi connectivity index (χ2n) is 8.16. The number of aliphatic imine (C=N–C) groups is 1. The number of aryl methyl sites for hydroxylation is 1. The number of nitrogens with zero attached hydrogens (tertiary/aromatic N) is 3. The van der Waals surface area contributed by atoms with Crippen molar-refractivity contribution in [2.24, 2.45) is 4.99 Å². The number of hydrogen-bond donors (Lipinski definition) is 1. The summed E-state index contributed by atoms with van der Waals surface area (Å²) in [6.07, 6.45) is 1.83. The van der Waals surface area contributed by atoms with Crippen LogP contribution in [0, 0.1) is 13.8 Å². The first kappa shape index (κ1) is 25.0. The Kier molecular flexibility index (Phi) is 7.12. The number of benzene rings is 2. The number of carbonyl (C=O) groups is 3. The number of carbonyl (C=O) groups excluding carboxylic acids is 2. The van der Waals surface area contributed by atoms with Crippen molar-refractivity contribution in [1.82, 2.24) is 9.47 Å². The second kappa shape index (κ2) is 10.2. The van der Waals surface area contributed by atoms with E-state index in [9.17, 15) is 19.5 Å². The number of aromatic carboxylic acids is 1. The van der Waals surface area contributed by atoms with Crippen LogP contribution in [0.3, 0.4) is 0 Å². The SMILES string of the molecule is CCOC(=O)c1cccc(-n2c(C)cc(/C=C3\SC(=Nc4cccc(C(=O)O)c4)N(C)C3=O)c2C)c1. The fraction of sp³-hybridized carbons (Fsp3) is 0.185. The molecule has 1 N–H and O–H groups in total. The molecule has 0 aliphatic carbocycles. The monoisotopic (exact) mass is 503 g/mol. The van der Waals surface area contributed by atoms with E-state index in [1.54, 1.807) is 38.2 Å². The average molecular weight is 504 g/mol. The number of carboxylic acid groups (broad SMARTS) is 1. The molecule has 1 fully saturated rings. The van der Waals surface area contributed by atoms with Gasteiger partial charge >= 0.3 is 11.9 Å². The number of amidine groups is 1. The van der Waals surface area contributed by atoms with Crippen LogP contribution in [0.5, 0.6) is 0 Å². The van der Waals surface area contributed by atoms with Gasteiger partial charge in [-0.1, -0.05) is 12.1 Å². The van der Waals surface area contributed by atoms with Crippen molar-refractivity contribution in [3.63, 3.8) is 0 Å². The molecule has 8 nitrogen and oxygen atoms in total. The molecule has 9 heteroatoms. The van der Waals surface area contributed by atoms with Gasteiger partial charge in [0.2, 0.25) is 0 Å². The van der Waals surface area contributed by atoms with Crippen molar-refractivity contribution >= 4 is 46.5 Å². The zero-order valence-corrected chi connectivity index (χ0v) is 21.1. The molecule has 0 saturated carbocycles. The number of ether oxygens (including phenoxy) is 1. The van der Waals surface area contributed by atoms with E-state index in [0.29, 0.717) is 27.9 Å². The summed E-state index contributed by atoms with van der Waals surface area (Å²) >= 11 is 1.23. The Morgan fingerprint density at radius 3 is 2.53 bits per heavy atom. The number of thioether (sulfide) groups is 1. The van der Waals surface area contributed by atoms with Gasteiger partial charge in [0.25, 0.3) is 5.91 Å². The van der Waals surface area contributed by atoms with Crippen LogP contribution in [0.1, 0.15) is 44.6 Å². The molecule has 1 saturated heterocycles. The molecule has 0 radical (unpaired) electrons.